The first-order chi connectivity index (χ1) is 14.1. The van der Waals surface area contributed by atoms with Crippen LogP contribution in [-0.4, -0.2) is 40.8 Å². The summed E-state index contributed by atoms with van der Waals surface area (Å²) in [6, 6.07) is 4.65. The zero-order valence-corrected chi connectivity index (χ0v) is 17.4. The van der Waals surface area contributed by atoms with Gasteiger partial charge >= 0.3 is 15.5 Å². The van der Waals surface area contributed by atoms with E-state index in [0.29, 0.717) is 33.0 Å². The van der Waals surface area contributed by atoms with E-state index in [1.165, 1.54) is 0 Å². The Hall–Kier alpha value is -1.78. The lowest BCUT2D eigenvalue weighted by atomic mass is 9.41. The lowest BCUT2D eigenvalue weighted by Gasteiger charge is -2.67. The van der Waals surface area contributed by atoms with E-state index in [0.717, 1.165) is 25.0 Å². The minimum absolute atomic E-state index is 0.161. The molecule has 2 aromatic rings. The van der Waals surface area contributed by atoms with Crippen LogP contribution in [0.15, 0.2) is 30.7 Å². The van der Waals surface area contributed by atoms with Crippen LogP contribution in [0.1, 0.15) is 30.5 Å². The van der Waals surface area contributed by atoms with Crippen LogP contribution in [0.4, 0.5) is 18.9 Å². The molecular weight excluding hydrogens is 441 g/mol. The van der Waals surface area contributed by atoms with Crippen LogP contribution in [0.3, 0.4) is 0 Å². The summed E-state index contributed by atoms with van der Waals surface area (Å²) in [5.74, 6) is 0.597. The average Bonchev–Trinajstić information content (AvgIpc) is 3.03. The third-order valence-electron chi connectivity index (χ3n) is 6.77. The molecule has 4 aliphatic rings. The smallest absolute Gasteiger partial charge is 0.361 e. The summed E-state index contributed by atoms with van der Waals surface area (Å²) in [6.45, 7) is -0.187. The quantitative estimate of drug-likeness (QED) is 0.751. The van der Waals surface area contributed by atoms with E-state index in [9.17, 15) is 21.6 Å². The van der Waals surface area contributed by atoms with Gasteiger partial charge < -0.3 is 9.88 Å². The maximum atomic E-state index is 13.5. The molecule has 0 amide bonds. The highest BCUT2D eigenvalue weighted by atomic mass is 35.5. The second-order valence-electron chi connectivity index (χ2n) is 8.58. The largest absolute Gasteiger partial charge is 0.511 e. The zero-order chi connectivity index (χ0) is 21.3. The normalized spacial score (nSPS) is 29.0. The molecule has 0 spiro atoms. The summed E-state index contributed by atoms with van der Waals surface area (Å²) in [5.41, 5.74) is -3.54. The topological polar surface area (TPSA) is 69.3 Å². The molecular formula is C19H20ClF3N4O2S. The first-order valence-corrected chi connectivity index (χ1v) is 11.5. The lowest BCUT2D eigenvalue weighted by molar-refractivity contribution is -0.129. The van der Waals surface area contributed by atoms with E-state index < -0.39 is 15.5 Å². The van der Waals surface area contributed by atoms with E-state index in [2.05, 4.69) is 9.97 Å². The first-order valence-electron chi connectivity index (χ1n) is 9.68. The molecule has 1 N–H and O–H groups in total. The van der Waals surface area contributed by atoms with E-state index >= 15 is 0 Å². The highest BCUT2D eigenvalue weighted by Gasteiger charge is 2.63. The van der Waals surface area contributed by atoms with Crippen LogP contribution in [-0.2, 0) is 23.1 Å². The van der Waals surface area contributed by atoms with Crippen LogP contribution >= 0.6 is 11.6 Å². The Morgan fingerprint density at radius 3 is 2.57 bits per heavy atom. The van der Waals surface area contributed by atoms with Crippen molar-refractivity contribution in [1.82, 2.24) is 14.3 Å². The Kier molecular flexibility index (Phi) is 4.44. The highest BCUT2D eigenvalue weighted by Crippen LogP contribution is 2.67. The number of anilines is 1. The van der Waals surface area contributed by atoms with Gasteiger partial charge in [0.2, 0.25) is 0 Å². The number of hydrogen-bond acceptors (Lipinski definition) is 4. The van der Waals surface area contributed by atoms with Gasteiger partial charge in [-0.2, -0.15) is 17.5 Å². The molecule has 2 bridgehead atoms. The van der Waals surface area contributed by atoms with Gasteiger partial charge in [0.25, 0.3) is 0 Å². The number of benzene rings is 1. The van der Waals surface area contributed by atoms with Gasteiger partial charge in [0.1, 0.15) is 0 Å². The number of fused-ring (bicyclic) bond motifs is 1. The second kappa shape index (κ2) is 6.61. The molecule has 1 aromatic carbocycles. The van der Waals surface area contributed by atoms with Gasteiger partial charge in [-0.3, -0.25) is 0 Å². The molecule has 30 heavy (non-hydrogen) atoms. The van der Waals surface area contributed by atoms with Gasteiger partial charge in [0.05, 0.1) is 18.6 Å². The molecule has 0 unspecified atom stereocenters. The summed E-state index contributed by atoms with van der Waals surface area (Å²) in [4.78, 5) is 9.13. The van der Waals surface area contributed by atoms with Crippen molar-refractivity contribution in [1.29, 1.82) is 0 Å². The number of aromatic nitrogens is 2. The van der Waals surface area contributed by atoms with Crippen LogP contribution in [0.25, 0.3) is 0 Å². The Labute approximate surface area is 177 Å². The highest BCUT2D eigenvalue weighted by molar-refractivity contribution is 7.89. The number of alkyl halides is 3. The fourth-order valence-electron chi connectivity index (χ4n) is 5.23. The van der Waals surface area contributed by atoms with E-state index in [-0.39, 0.29) is 24.5 Å². The number of aromatic amines is 1. The van der Waals surface area contributed by atoms with Gasteiger partial charge in [-0.1, -0.05) is 11.6 Å². The summed E-state index contributed by atoms with van der Waals surface area (Å²) in [6.07, 6.45) is 5.97. The molecule has 0 radical (unpaired) electrons. The Balaban J connectivity index is 1.63. The molecule has 1 aromatic heterocycles. The van der Waals surface area contributed by atoms with Gasteiger partial charge in [0.15, 0.2) is 0 Å². The van der Waals surface area contributed by atoms with Crippen LogP contribution in [0.5, 0.6) is 0 Å². The van der Waals surface area contributed by atoms with E-state index in [1.807, 2.05) is 4.90 Å². The molecule has 11 heteroatoms. The monoisotopic (exact) mass is 460 g/mol. The average molecular weight is 461 g/mol. The van der Waals surface area contributed by atoms with E-state index in [1.54, 1.807) is 30.7 Å². The van der Waals surface area contributed by atoms with Crippen molar-refractivity contribution < 1.29 is 21.6 Å². The Morgan fingerprint density at radius 2 is 2.00 bits per heavy atom. The molecule has 0 saturated heterocycles. The molecule has 3 aliphatic carbocycles. The minimum Gasteiger partial charge on any atom is -0.361 e. The van der Waals surface area contributed by atoms with Gasteiger partial charge in [-0.15, -0.1) is 0 Å². The maximum absolute atomic E-state index is 13.5. The van der Waals surface area contributed by atoms with Crippen LogP contribution in [0, 0.1) is 11.3 Å². The number of rotatable bonds is 4. The number of nitrogens with zero attached hydrogens (tertiary/aromatic N) is 3. The van der Waals surface area contributed by atoms with Crippen molar-refractivity contribution in [2.45, 2.75) is 43.9 Å². The summed E-state index contributed by atoms with van der Waals surface area (Å²) < 4.78 is 65.8. The number of nitrogens with one attached hydrogen (secondary N) is 1. The van der Waals surface area contributed by atoms with Crippen molar-refractivity contribution in [3.8, 4) is 0 Å². The molecule has 6 nitrogen and oxygen atoms in total. The predicted molar refractivity (Wildman–Crippen MR) is 105 cm³/mol. The van der Waals surface area contributed by atoms with Gasteiger partial charge in [0, 0.05) is 36.0 Å². The van der Waals surface area contributed by atoms with Crippen molar-refractivity contribution in [3.63, 3.8) is 0 Å². The van der Waals surface area contributed by atoms with Crippen molar-refractivity contribution in [2.24, 2.45) is 11.3 Å². The third-order valence-corrected chi connectivity index (χ3v) is 8.55. The van der Waals surface area contributed by atoms with Gasteiger partial charge in [-0.05, 0) is 54.4 Å². The lowest BCUT2D eigenvalue weighted by Crippen LogP contribution is -2.66. The third kappa shape index (κ3) is 3.03. The van der Waals surface area contributed by atoms with E-state index in [4.69, 9.17) is 11.6 Å². The maximum Gasteiger partial charge on any atom is 0.511 e. The molecule has 3 fully saturated rings. The molecule has 3 saturated carbocycles. The van der Waals surface area contributed by atoms with Crippen LogP contribution < -0.4 is 4.90 Å². The number of sulfonamides is 1. The summed E-state index contributed by atoms with van der Waals surface area (Å²) >= 11 is 6.12. The van der Waals surface area contributed by atoms with Crippen LogP contribution in [0.2, 0.25) is 5.02 Å². The summed E-state index contributed by atoms with van der Waals surface area (Å²) in [7, 11) is -5.48. The fraction of sp³-hybridized carbons (Fsp3) is 0.526. The number of halogens is 4. The van der Waals surface area contributed by atoms with Crippen molar-refractivity contribution in [2.75, 3.05) is 11.4 Å². The fourth-order valence-corrected chi connectivity index (χ4v) is 6.37. The Bertz CT molecular complexity index is 1060. The standard InChI is InChI=1S/C19H20ClF3N4O2S/c20-14-1-2-16-13(3-14)8-26(30(28,29)19(21,22)23)10-17(18-4-12(5-18)6-18)27(16)9-15-7-24-11-25-15/h1-3,7,11-12,17H,4-6,8-10H2,(H,24,25)/t12?,17-,18?/m1/s1. The summed E-state index contributed by atoms with van der Waals surface area (Å²) in [5, 5.41) is 0.351. The van der Waals surface area contributed by atoms with Crippen molar-refractivity contribution >= 4 is 27.3 Å². The van der Waals surface area contributed by atoms with Crippen molar-refractivity contribution in [3.05, 3.63) is 47.0 Å². The number of imidazole rings is 1. The molecule has 6 rings (SSSR count). The number of hydrogen-bond donors (Lipinski definition) is 1. The second-order valence-corrected chi connectivity index (χ2v) is 10.9. The number of H-pyrrole nitrogens is 1. The zero-order valence-electron chi connectivity index (χ0n) is 15.9. The minimum atomic E-state index is -5.48. The molecule has 1 aliphatic heterocycles. The Morgan fingerprint density at radius 1 is 1.27 bits per heavy atom. The first kappa shape index (κ1) is 20.1. The molecule has 2 heterocycles. The SMILES string of the molecule is O=S(=O)(N1Cc2cc(Cl)ccc2N(Cc2cnc[nH]2)[C@@H](C23CC(C2)C3)C1)C(F)(F)F. The molecule has 162 valence electrons. The predicted octanol–water partition coefficient (Wildman–Crippen LogP) is 3.90. The molecule has 1 atom stereocenters. The van der Waals surface area contributed by atoms with Gasteiger partial charge in [-0.25, -0.2) is 13.4 Å².